The molecule has 1 amide bonds. The van der Waals surface area contributed by atoms with Crippen molar-refractivity contribution in [2.45, 2.75) is 0 Å². The molecule has 3 aromatic carbocycles. The number of para-hydroxylation sites is 1. The fourth-order valence-electron chi connectivity index (χ4n) is 2.73. The lowest BCUT2D eigenvalue weighted by Crippen LogP contribution is -2.16. The number of hydrogen-bond donors (Lipinski definition) is 2. The van der Waals surface area contributed by atoms with Crippen molar-refractivity contribution in [3.63, 3.8) is 0 Å². The van der Waals surface area contributed by atoms with E-state index in [9.17, 15) is 24.8 Å². The minimum absolute atomic E-state index is 0.0688. The van der Waals surface area contributed by atoms with E-state index in [4.69, 9.17) is 27.9 Å². The van der Waals surface area contributed by atoms with Crippen LogP contribution in [0.3, 0.4) is 0 Å². The smallest absolute Gasteiger partial charge is 0.345 e. The van der Waals surface area contributed by atoms with E-state index in [1.807, 2.05) is 0 Å². The van der Waals surface area contributed by atoms with Crippen LogP contribution in [-0.4, -0.2) is 23.0 Å². The number of carbonyl (C=O) groups excluding carboxylic acids is 2. The second-order valence-electron chi connectivity index (χ2n) is 6.56. The maximum Gasteiger partial charge on any atom is 0.345 e. The van der Waals surface area contributed by atoms with Gasteiger partial charge >= 0.3 is 11.9 Å². The SMILES string of the molecule is N#CC(=Cc1ccc(OC(=O)c2ccc(Cl)cc2Cl)cc1)C(=O)Nc1ccccc1C(=O)O. The van der Waals surface area contributed by atoms with E-state index in [0.717, 1.165) is 0 Å². The molecule has 0 fully saturated rings. The van der Waals surface area contributed by atoms with E-state index < -0.39 is 17.8 Å². The van der Waals surface area contributed by atoms with Gasteiger partial charge in [-0.1, -0.05) is 47.5 Å². The molecule has 33 heavy (non-hydrogen) atoms. The third-order valence-corrected chi connectivity index (χ3v) is 4.87. The van der Waals surface area contributed by atoms with Gasteiger partial charge in [-0.25, -0.2) is 9.59 Å². The van der Waals surface area contributed by atoms with Crippen molar-refractivity contribution in [2.24, 2.45) is 0 Å². The van der Waals surface area contributed by atoms with E-state index in [1.165, 1.54) is 54.6 Å². The number of carboxylic acid groups (broad SMARTS) is 1. The molecule has 3 rings (SSSR count). The van der Waals surface area contributed by atoms with Crippen LogP contribution >= 0.6 is 23.2 Å². The van der Waals surface area contributed by atoms with Crippen LogP contribution in [0.15, 0.2) is 72.3 Å². The molecule has 9 heteroatoms. The van der Waals surface area contributed by atoms with Gasteiger partial charge in [0.15, 0.2) is 0 Å². The average Bonchev–Trinajstić information content (AvgIpc) is 2.78. The number of esters is 1. The topological polar surface area (TPSA) is 116 Å². The van der Waals surface area contributed by atoms with Crippen LogP contribution in [0.25, 0.3) is 6.08 Å². The number of nitriles is 1. The number of anilines is 1. The van der Waals surface area contributed by atoms with Crippen molar-refractivity contribution in [3.05, 3.63) is 99.0 Å². The van der Waals surface area contributed by atoms with Gasteiger partial charge in [-0.05, 0) is 54.1 Å². The highest BCUT2D eigenvalue weighted by atomic mass is 35.5. The molecule has 0 heterocycles. The molecular weight excluding hydrogens is 467 g/mol. The van der Waals surface area contributed by atoms with Crippen LogP contribution in [-0.2, 0) is 4.79 Å². The second-order valence-corrected chi connectivity index (χ2v) is 7.40. The molecule has 2 N–H and O–H groups in total. The summed E-state index contributed by atoms with van der Waals surface area (Å²) in [6, 6.07) is 18.1. The standard InChI is InChI=1S/C24H14Cl2N2O5/c25-16-7-10-18(20(26)12-16)24(32)33-17-8-5-14(6-9-17)11-15(13-27)22(29)28-21-4-2-1-3-19(21)23(30)31/h1-12H,(H,28,29)(H,30,31). The van der Waals surface area contributed by atoms with Crippen LogP contribution in [0.1, 0.15) is 26.3 Å². The number of nitrogens with zero attached hydrogens (tertiary/aromatic N) is 1. The molecule has 0 aliphatic rings. The molecule has 164 valence electrons. The van der Waals surface area contributed by atoms with Crippen molar-refractivity contribution in [2.75, 3.05) is 5.32 Å². The van der Waals surface area contributed by atoms with Gasteiger partial charge in [0.2, 0.25) is 0 Å². The number of hydrogen-bond acceptors (Lipinski definition) is 5. The predicted molar refractivity (Wildman–Crippen MR) is 123 cm³/mol. The Bertz CT molecular complexity index is 1310. The molecule has 0 saturated heterocycles. The monoisotopic (exact) mass is 480 g/mol. The molecule has 0 atom stereocenters. The first kappa shape index (κ1) is 23.5. The fourth-order valence-corrected chi connectivity index (χ4v) is 3.22. The van der Waals surface area contributed by atoms with E-state index in [1.54, 1.807) is 24.3 Å². The Hall–Kier alpha value is -4.12. The van der Waals surface area contributed by atoms with E-state index >= 15 is 0 Å². The highest BCUT2D eigenvalue weighted by molar-refractivity contribution is 6.36. The molecule has 0 aliphatic carbocycles. The van der Waals surface area contributed by atoms with Gasteiger partial charge in [0, 0.05) is 5.02 Å². The summed E-state index contributed by atoms with van der Waals surface area (Å²) in [7, 11) is 0. The van der Waals surface area contributed by atoms with E-state index in [0.29, 0.717) is 10.6 Å². The zero-order chi connectivity index (χ0) is 24.0. The van der Waals surface area contributed by atoms with Crippen molar-refractivity contribution in [1.29, 1.82) is 5.26 Å². The second kappa shape index (κ2) is 10.5. The zero-order valence-corrected chi connectivity index (χ0v) is 18.2. The molecule has 0 bridgehead atoms. The van der Waals surface area contributed by atoms with Crippen LogP contribution in [0.5, 0.6) is 5.75 Å². The van der Waals surface area contributed by atoms with Crippen molar-refractivity contribution >= 4 is 52.8 Å². The molecule has 0 unspecified atom stereocenters. The third kappa shape index (κ3) is 5.98. The van der Waals surface area contributed by atoms with Crippen molar-refractivity contribution in [1.82, 2.24) is 0 Å². The van der Waals surface area contributed by atoms with Gasteiger partial charge in [-0.15, -0.1) is 0 Å². The number of carbonyl (C=O) groups is 3. The highest BCUT2D eigenvalue weighted by Crippen LogP contribution is 2.23. The first-order valence-electron chi connectivity index (χ1n) is 9.31. The zero-order valence-electron chi connectivity index (χ0n) is 16.7. The number of carboxylic acids is 1. The Kier molecular flexibility index (Phi) is 7.46. The maximum atomic E-state index is 12.5. The van der Waals surface area contributed by atoms with E-state index in [-0.39, 0.29) is 33.2 Å². The Morgan fingerprint density at radius 3 is 2.30 bits per heavy atom. The van der Waals surface area contributed by atoms with Crippen molar-refractivity contribution < 1.29 is 24.2 Å². The number of nitrogens with one attached hydrogen (secondary N) is 1. The van der Waals surface area contributed by atoms with Gasteiger partial charge in [-0.2, -0.15) is 5.26 Å². The molecular formula is C24H14Cl2N2O5. The lowest BCUT2D eigenvalue weighted by Gasteiger charge is -2.08. The van der Waals surface area contributed by atoms with E-state index in [2.05, 4.69) is 5.32 Å². The minimum atomic E-state index is -1.21. The maximum absolute atomic E-state index is 12.5. The molecule has 0 radical (unpaired) electrons. The van der Waals surface area contributed by atoms with Crippen LogP contribution in [0.2, 0.25) is 10.0 Å². The number of amides is 1. The quantitative estimate of drug-likeness (QED) is 0.209. The summed E-state index contributed by atoms with van der Waals surface area (Å²) in [6.07, 6.45) is 1.32. The Morgan fingerprint density at radius 1 is 0.970 bits per heavy atom. The van der Waals surface area contributed by atoms with Gasteiger partial charge in [0.05, 0.1) is 21.8 Å². The van der Waals surface area contributed by atoms with Crippen LogP contribution < -0.4 is 10.1 Å². The average molecular weight is 481 g/mol. The Morgan fingerprint density at radius 2 is 1.67 bits per heavy atom. The summed E-state index contributed by atoms with van der Waals surface area (Å²) in [5.74, 6) is -2.42. The highest BCUT2D eigenvalue weighted by Gasteiger charge is 2.16. The number of rotatable bonds is 6. The largest absolute Gasteiger partial charge is 0.478 e. The number of ether oxygens (including phenoxy) is 1. The van der Waals surface area contributed by atoms with Gasteiger partial charge in [-0.3, -0.25) is 4.79 Å². The minimum Gasteiger partial charge on any atom is -0.478 e. The van der Waals surface area contributed by atoms with Gasteiger partial charge < -0.3 is 15.2 Å². The Balaban J connectivity index is 1.73. The lowest BCUT2D eigenvalue weighted by molar-refractivity contribution is -0.112. The lowest BCUT2D eigenvalue weighted by atomic mass is 10.1. The number of halogens is 2. The number of aromatic carboxylic acids is 1. The van der Waals surface area contributed by atoms with Crippen LogP contribution in [0.4, 0.5) is 5.69 Å². The summed E-state index contributed by atoms with van der Waals surface area (Å²) < 4.78 is 5.28. The molecule has 7 nitrogen and oxygen atoms in total. The predicted octanol–water partition coefficient (Wildman–Crippen LogP) is 5.46. The van der Waals surface area contributed by atoms with Gasteiger partial charge in [0.25, 0.3) is 5.91 Å². The molecule has 3 aromatic rings. The first-order chi connectivity index (χ1) is 15.8. The van der Waals surface area contributed by atoms with Gasteiger partial charge in [0.1, 0.15) is 17.4 Å². The normalized spacial score (nSPS) is 10.8. The summed E-state index contributed by atoms with van der Waals surface area (Å²) in [6.45, 7) is 0. The van der Waals surface area contributed by atoms with Crippen molar-refractivity contribution in [3.8, 4) is 11.8 Å². The molecule has 0 saturated carbocycles. The summed E-state index contributed by atoms with van der Waals surface area (Å²) >= 11 is 11.8. The Labute approximate surface area is 198 Å². The summed E-state index contributed by atoms with van der Waals surface area (Å²) in [4.78, 5) is 36.0. The first-order valence-corrected chi connectivity index (χ1v) is 10.1. The third-order valence-electron chi connectivity index (χ3n) is 4.32. The fraction of sp³-hybridized carbons (Fsp3) is 0. The summed E-state index contributed by atoms with van der Waals surface area (Å²) in [5.41, 5.74) is 0.356. The van der Waals surface area contributed by atoms with Crippen LogP contribution in [0, 0.1) is 11.3 Å². The number of benzene rings is 3. The molecule has 0 aromatic heterocycles. The summed E-state index contributed by atoms with van der Waals surface area (Å²) in [5, 5.41) is 21.6. The molecule has 0 aliphatic heterocycles. The molecule has 0 spiro atoms.